The molecule has 1 aliphatic rings. The summed E-state index contributed by atoms with van der Waals surface area (Å²) in [5, 5.41) is 6.35. The minimum absolute atomic E-state index is 0.118. The first kappa shape index (κ1) is 13.9. The highest BCUT2D eigenvalue weighted by atomic mass is 16.5. The first-order valence-corrected chi connectivity index (χ1v) is 6.86. The zero-order valence-corrected chi connectivity index (χ0v) is 11.7. The van der Waals surface area contributed by atoms with Crippen LogP contribution in [0.25, 0.3) is 0 Å². The van der Waals surface area contributed by atoms with E-state index in [0.717, 1.165) is 43.8 Å². The molecule has 1 heterocycles. The van der Waals surface area contributed by atoms with Gasteiger partial charge in [0.2, 0.25) is 5.91 Å². The van der Waals surface area contributed by atoms with E-state index in [-0.39, 0.29) is 11.3 Å². The molecule has 1 aromatic rings. The Morgan fingerprint density at radius 2 is 2.16 bits per heavy atom. The highest BCUT2D eigenvalue weighted by Gasteiger charge is 2.37. The zero-order valence-electron chi connectivity index (χ0n) is 11.7. The molecule has 1 aromatic carbocycles. The van der Waals surface area contributed by atoms with Crippen molar-refractivity contribution in [3.63, 3.8) is 0 Å². The van der Waals surface area contributed by atoms with Crippen molar-refractivity contribution in [1.29, 1.82) is 0 Å². The van der Waals surface area contributed by atoms with Gasteiger partial charge >= 0.3 is 0 Å². The lowest BCUT2D eigenvalue weighted by molar-refractivity contribution is -0.126. The Bertz CT molecular complexity index is 422. The molecule has 1 atom stereocenters. The summed E-state index contributed by atoms with van der Waals surface area (Å²) >= 11 is 0. The number of hydrogen-bond donors (Lipinski definition) is 2. The summed E-state index contributed by atoms with van der Waals surface area (Å²) in [5.74, 6) is 0.912. The number of amides is 1. The molecule has 1 saturated heterocycles. The minimum atomic E-state index is -0.266. The van der Waals surface area contributed by atoms with Crippen molar-refractivity contribution in [2.24, 2.45) is 5.41 Å². The summed E-state index contributed by atoms with van der Waals surface area (Å²) < 4.78 is 5.11. The van der Waals surface area contributed by atoms with Crippen molar-refractivity contribution in [1.82, 2.24) is 5.32 Å². The summed E-state index contributed by atoms with van der Waals surface area (Å²) in [6, 6.07) is 7.45. The maximum absolute atomic E-state index is 12.5. The molecule has 1 unspecified atom stereocenters. The van der Waals surface area contributed by atoms with E-state index in [2.05, 4.69) is 17.6 Å². The molecule has 0 saturated carbocycles. The Hall–Kier alpha value is -1.55. The van der Waals surface area contributed by atoms with Gasteiger partial charge in [-0.25, -0.2) is 0 Å². The summed E-state index contributed by atoms with van der Waals surface area (Å²) in [4.78, 5) is 12.5. The third-order valence-electron chi connectivity index (χ3n) is 3.98. The lowest BCUT2D eigenvalue weighted by atomic mass is 9.77. The van der Waals surface area contributed by atoms with Crippen molar-refractivity contribution in [2.45, 2.75) is 26.2 Å². The van der Waals surface area contributed by atoms with Crippen molar-refractivity contribution < 1.29 is 9.53 Å². The van der Waals surface area contributed by atoms with Gasteiger partial charge in [0.25, 0.3) is 0 Å². The second-order valence-electron chi connectivity index (χ2n) is 5.10. The molecule has 0 aliphatic carbocycles. The van der Waals surface area contributed by atoms with Gasteiger partial charge in [0.1, 0.15) is 5.75 Å². The van der Waals surface area contributed by atoms with Crippen LogP contribution >= 0.6 is 0 Å². The molecule has 0 bridgehead atoms. The van der Waals surface area contributed by atoms with Crippen molar-refractivity contribution in [3.05, 3.63) is 24.3 Å². The fraction of sp³-hybridized carbons (Fsp3) is 0.533. The number of carbonyl (C=O) groups is 1. The van der Waals surface area contributed by atoms with E-state index in [0.29, 0.717) is 0 Å². The number of piperidine rings is 1. The predicted molar refractivity (Wildman–Crippen MR) is 76.5 cm³/mol. The van der Waals surface area contributed by atoms with E-state index < -0.39 is 0 Å². The Balaban J connectivity index is 2.05. The van der Waals surface area contributed by atoms with Gasteiger partial charge in [-0.2, -0.15) is 0 Å². The smallest absolute Gasteiger partial charge is 0.231 e. The quantitative estimate of drug-likeness (QED) is 0.876. The molecule has 0 radical (unpaired) electrons. The number of anilines is 1. The van der Waals surface area contributed by atoms with Gasteiger partial charge in [-0.3, -0.25) is 4.79 Å². The molecule has 19 heavy (non-hydrogen) atoms. The molecule has 104 valence electrons. The van der Waals surface area contributed by atoms with Gasteiger partial charge in [0.15, 0.2) is 0 Å². The van der Waals surface area contributed by atoms with Crippen LogP contribution in [-0.4, -0.2) is 26.1 Å². The van der Waals surface area contributed by atoms with E-state index in [1.54, 1.807) is 7.11 Å². The third-order valence-corrected chi connectivity index (χ3v) is 3.98. The Labute approximate surface area is 114 Å². The highest BCUT2D eigenvalue weighted by Crippen LogP contribution is 2.31. The highest BCUT2D eigenvalue weighted by molar-refractivity contribution is 5.95. The lowest BCUT2D eigenvalue weighted by Crippen LogP contribution is -2.47. The maximum Gasteiger partial charge on any atom is 0.231 e. The number of rotatable bonds is 4. The number of methoxy groups -OCH3 is 1. The molecule has 2 N–H and O–H groups in total. The molecule has 0 spiro atoms. The monoisotopic (exact) mass is 262 g/mol. The van der Waals surface area contributed by atoms with Crippen LogP contribution in [0.4, 0.5) is 5.69 Å². The fourth-order valence-corrected chi connectivity index (χ4v) is 2.56. The molecule has 1 amide bonds. The Morgan fingerprint density at radius 1 is 1.42 bits per heavy atom. The molecular weight excluding hydrogens is 240 g/mol. The average Bonchev–Trinajstić information content (AvgIpc) is 2.48. The molecule has 2 rings (SSSR count). The first-order chi connectivity index (χ1) is 9.20. The normalized spacial score (nSPS) is 22.8. The molecular formula is C15H22N2O2. The van der Waals surface area contributed by atoms with Crippen molar-refractivity contribution >= 4 is 11.6 Å². The van der Waals surface area contributed by atoms with E-state index in [1.807, 2.05) is 24.3 Å². The number of nitrogens with one attached hydrogen (secondary N) is 2. The SMILES string of the molecule is CCC1(C(=O)Nc2ccc(OC)cc2)CCCNC1. The molecule has 4 nitrogen and oxygen atoms in total. The van der Waals surface area contributed by atoms with Crippen LogP contribution in [0.5, 0.6) is 5.75 Å². The van der Waals surface area contributed by atoms with Crippen molar-refractivity contribution in [2.75, 3.05) is 25.5 Å². The van der Waals surface area contributed by atoms with Gasteiger partial charge < -0.3 is 15.4 Å². The fourth-order valence-electron chi connectivity index (χ4n) is 2.56. The van der Waals surface area contributed by atoms with Gasteiger partial charge in [0, 0.05) is 12.2 Å². The summed E-state index contributed by atoms with van der Waals surface area (Å²) in [7, 11) is 1.63. The Kier molecular flexibility index (Phi) is 4.43. The van der Waals surface area contributed by atoms with Crippen LogP contribution in [0.1, 0.15) is 26.2 Å². The second kappa shape index (κ2) is 6.06. The first-order valence-electron chi connectivity index (χ1n) is 6.86. The molecule has 0 aromatic heterocycles. The van der Waals surface area contributed by atoms with E-state index >= 15 is 0 Å². The lowest BCUT2D eigenvalue weighted by Gasteiger charge is -2.35. The summed E-state index contributed by atoms with van der Waals surface area (Å²) in [6.45, 7) is 3.86. The van der Waals surface area contributed by atoms with Crippen molar-refractivity contribution in [3.8, 4) is 5.75 Å². The number of carbonyl (C=O) groups excluding carboxylic acids is 1. The van der Waals surface area contributed by atoms with Crippen LogP contribution in [0.15, 0.2) is 24.3 Å². The standard InChI is InChI=1S/C15H22N2O2/c1-3-15(9-4-10-16-11-15)14(18)17-12-5-7-13(19-2)8-6-12/h5-8,16H,3-4,9-11H2,1-2H3,(H,17,18). The topological polar surface area (TPSA) is 50.4 Å². The van der Waals surface area contributed by atoms with Gasteiger partial charge in [-0.15, -0.1) is 0 Å². The van der Waals surface area contributed by atoms with E-state index in [1.165, 1.54) is 0 Å². The average molecular weight is 262 g/mol. The third kappa shape index (κ3) is 3.07. The zero-order chi connectivity index (χ0) is 13.7. The molecule has 1 fully saturated rings. The van der Waals surface area contributed by atoms with Crippen LogP contribution < -0.4 is 15.4 Å². The number of benzene rings is 1. The summed E-state index contributed by atoms with van der Waals surface area (Å²) in [6.07, 6.45) is 2.88. The molecule has 4 heteroatoms. The van der Waals surface area contributed by atoms with Crippen LogP contribution in [0.2, 0.25) is 0 Å². The van der Waals surface area contributed by atoms with Crippen LogP contribution in [0, 0.1) is 5.41 Å². The van der Waals surface area contributed by atoms with Crippen LogP contribution in [-0.2, 0) is 4.79 Å². The van der Waals surface area contributed by atoms with Crippen LogP contribution in [0.3, 0.4) is 0 Å². The minimum Gasteiger partial charge on any atom is -0.497 e. The number of hydrogen-bond acceptors (Lipinski definition) is 3. The maximum atomic E-state index is 12.5. The molecule has 1 aliphatic heterocycles. The second-order valence-corrected chi connectivity index (χ2v) is 5.10. The summed E-state index contributed by atoms with van der Waals surface area (Å²) in [5.41, 5.74) is 0.558. The van der Waals surface area contributed by atoms with Gasteiger partial charge in [-0.1, -0.05) is 6.92 Å². The number of ether oxygens (including phenoxy) is 1. The largest absolute Gasteiger partial charge is 0.497 e. The van der Waals surface area contributed by atoms with Gasteiger partial charge in [-0.05, 0) is 50.1 Å². The Morgan fingerprint density at radius 3 is 2.68 bits per heavy atom. The van der Waals surface area contributed by atoms with E-state index in [9.17, 15) is 4.79 Å². The van der Waals surface area contributed by atoms with Gasteiger partial charge in [0.05, 0.1) is 12.5 Å². The predicted octanol–water partition coefficient (Wildman–Crippen LogP) is 2.41. The van der Waals surface area contributed by atoms with E-state index in [4.69, 9.17) is 4.74 Å².